The van der Waals surface area contributed by atoms with Crippen molar-refractivity contribution in [1.29, 1.82) is 0 Å². The van der Waals surface area contributed by atoms with Crippen molar-refractivity contribution < 1.29 is 9.59 Å². The fourth-order valence-electron chi connectivity index (χ4n) is 2.92. The van der Waals surface area contributed by atoms with Gasteiger partial charge in [0.1, 0.15) is 0 Å². The number of benzene rings is 1. The highest BCUT2D eigenvalue weighted by molar-refractivity contribution is 5.94. The number of nitrogens with zero attached hydrogens (tertiary/aromatic N) is 1. The number of carbonyl (C=O) groups excluding carboxylic acids is 2. The maximum absolute atomic E-state index is 12.7. The number of hydrogen-bond acceptors (Lipinski definition) is 2. The second-order valence-electron chi connectivity index (χ2n) is 9.12. The van der Waals surface area contributed by atoms with E-state index in [2.05, 4.69) is 26.1 Å². The molecule has 0 atom stereocenters. The molecule has 0 unspecified atom stereocenters. The third-order valence-corrected chi connectivity index (χ3v) is 4.80. The molecular weight excluding hydrogens is 312 g/mol. The highest BCUT2D eigenvalue weighted by Crippen LogP contribution is 2.23. The molecule has 4 heteroatoms. The Kier molecular flexibility index (Phi) is 5.60. The number of carbonyl (C=O) groups is 2. The van der Waals surface area contributed by atoms with Crippen LogP contribution in [-0.4, -0.2) is 35.8 Å². The van der Waals surface area contributed by atoms with Crippen molar-refractivity contribution in [3.8, 4) is 0 Å². The molecule has 138 valence electrons. The van der Waals surface area contributed by atoms with Gasteiger partial charge >= 0.3 is 0 Å². The molecule has 0 aromatic heterocycles. The first-order chi connectivity index (χ1) is 11.5. The first-order valence-electron chi connectivity index (χ1n) is 9.19. The number of nitrogens with one attached hydrogen (secondary N) is 1. The third kappa shape index (κ3) is 5.07. The molecule has 0 radical (unpaired) electrons. The van der Waals surface area contributed by atoms with E-state index in [0.717, 1.165) is 18.4 Å². The Labute approximate surface area is 152 Å². The second-order valence-corrected chi connectivity index (χ2v) is 9.12. The summed E-state index contributed by atoms with van der Waals surface area (Å²) in [4.78, 5) is 26.7. The molecule has 0 bridgehead atoms. The zero-order chi connectivity index (χ0) is 18.8. The average molecular weight is 344 g/mol. The third-order valence-electron chi connectivity index (χ3n) is 4.80. The van der Waals surface area contributed by atoms with E-state index in [4.69, 9.17) is 0 Å². The largest absolute Gasteiger partial charge is 0.353 e. The van der Waals surface area contributed by atoms with E-state index in [1.54, 1.807) is 0 Å². The van der Waals surface area contributed by atoms with E-state index in [-0.39, 0.29) is 28.7 Å². The minimum absolute atomic E-state index is 0.0787. The SMILES string of the molecule is CC(C)(C)C(=O)NC1CCN(C(=O)c2ccc(C(C)(C)C)cc2)CC1. The standard InChI is InChI=1S/C21H32N2O2/c1-20(2,3)16-9-7-15(8-10-16)18(24)23-13-11-17(12-14-23)22-19(25)21(4,5)6/h7-10,17H,11-14H2,1-6H3,(H,22,25). The van der Waals surface area contributed by atoms with E-state index >= 15 is 0 Å². The van der Waals surface area contributed by atoms with Gasteiger partial charge in [-0.2, -0.15) is 0 Å². The molecule has 2 rings (SSSR count). The van der Waals surface area contributed by atoms with Crippen LogP contribution in [0.2, 0.25) is 0 Å². The molecule has 1 aliphatic heterocycles. The number of piperidine rings is 1. The van der Waals surface area contributed by atoms with Crippen molar-refractivity contribution in [2.24, 2.45) is 5.41 Å². The van der Waals surface area contributed by atoms with Gasteiger partial charge in [-0.3, -0.25) is 9.59 Å². The molecule has 0 saturated carbocycles. The summed E-state index contributed by atoms with van der Waals surface area (Å²) in [5, 5.41) is 3.11. The molecule has 1 aromatic carbocycles. The summed E-state index contributed by atoms with van der Waals surface area (Å²) in [6.45, 7) is 13.6. The van der Waals surface area contributed by atoms with Crippen LogP contribution >= 0.6 is 0 Å². The van der Waals surface area contributed by atoms with Crippen LogP contribution in [0.4, 0.5) is 0 Å². The van der Waals surface area contributed by atoms with Crippen LogP contribution in [0.3, 0.4) is 0 Å². The van der Waals surface area contributed by atoms with Crippen molar-refractivity contribution in [2.45, 2.75) is 65.8 Å². The molecule has 1 saturated heterocycles. The number of likely N-dealkylation sites (tertiary alicyclic amines) is 1. The van der Waals surface area contributed by atoms with Gasteiger partial charge in [-0.05, 0) is 36.0 Å². The molecule has 0 aliphatic carbocycles. The lowest BCUT2D eigenvalue weighted by molar-refractivity contribution is -0.129. The van der Waals surface area contributed by atoms with Gasteiger partial charge in [-0.15, -0.1) is 0 Å². The Morgan fingerprint density at radius 3 is 1.92 bits per heavy atom. The Balaban J connectivity index is 1.92. The normalized spacial score (nSPS) is 16.6. The lowest BCUT2D eigenvalue weighted by Crippen LogP contribution is -2.49. The molecule has 25 heavy (non-hydrogen) atoms. The van der Waals surface area contributed by atoms with Gasteiger partial charge in [0, 0.05) is 30.1 Å². The van der Waals surface area contributed by atoms with Crippen molar-refractivity contribution in [3.63, 3.8) is 0 Å². The van der Waals surface area contributed by atoms with Gasteiger partial charge in [-0.1, -0.05) is 53.7 Å². The summed E-state index contributed by atoms with van der Waals surface area (Å²) in [5.41, 5.74) is 1.69. The van der Waals surface area contributed by atoms with Crippen LogP contribution in [0.25, 0.3) is 0 Å². The predicted octanol–water partition coefficient (Wildman–Crippen LogP) is 3.75. The van der Waals surface area contributed by atoms with Crippen LogP contribution in [0.5, 0.6) is 0 Å². The van der Waals surface area contributed by atoms with E-state index < -0.39 is 0 Å². The van der Waals surface area contributed by atoms with Gasteiger partial charge in [0.2, 0.25) is 5.91 Å². The summed E-state index contributed by atoms with van der Waals surface area (Å²) in [6.07, 6.45) is 1.63. The Hall–Kier alpha value is -1.84. The smallest absolute Gasteiger partial charge is 0.253 e. The zero-order valence-corrected chi connectivity index (χ0v) is 16.5. The topological polar surface area (TPSA) is 49.4 Å². The van der Waals surface area contributed by atoms with E-state index in [1.807, 2.05) is 49.9 Å². The minimum Gasteiger partial charge on any atom is -0.353 e. The summed E-state index contributed by atoms with van der Waals surface area (Å²) in [6, 6.07) is 8.11. The molecule has 1 aromatic rings. The highest BCUT2D eigenvalue weighted by Gasteiger charge is 2.28. The van der Waals surface area contributed by atoms with Crippen molar-refractivity contribution >= 4 is 11.8 Å². The molecule has 0 spiro atoms. The fraction of sp³-hybridized carbons (Fsp3) is 0.619. The Morgan fingerprint density at radius 2 is 1.48 bits per heavy atom. The van der Waals surface area contributed by atoms with Crippen LogP contribution < -0.4 is 5.32 Å². The Bertz CT molecular complexity index is 613. The summed E-state index contributed by atoms with van der Waals surface area (Å²) >= 11 is 0. The van der Waals surface area contributed by atoms with Gasteiger partial charge < -0.3 is 10.2 Å². The van der Waals surface area contributed by atoms with E-state index in [1.165, 1.54) is 5.56 Å². The van der Waals surface area contributed by atoms with Gasteiger partial charge in [-0.25, -0.2) is 0 Å². The molecule has 1 N–H and O–H groups in total. The number of amides is 2. The van der Waals surface area contributed by atoms with Gasteiger partial charge in [0.15, 0.2) is 0 Å². The van der Waals surface area contributed by atoms with Crippen molar-refractivity contribution in [3.05, 3.63) is 35.4 Å². The van der Waals surface area contributed by atoms with Gasteiger partial charge in [0.05, 0.1) is 0 Å². The average Bonchev–Trinajstić information content (AvgIpc) is 2.53. The minimum atomic E-state index is -0.373. The number of hydrogen-bond donors (Lipinski definition) is 1. The maximum atomic E-state index is 12.7. The summed E-state index contributed by atoms with van der Waals surface area (Å²) in [5.74, 6) is 0.163. The molecule has 1 heterocycles. The van der Waals surface area contributed by atoms with E-state index in [0.29, 0.717) is 13.1 Å². The van der Waals surface area contributed by atoms with Crippen LogP contribution in [0.1, 0.15) is 70.3 Å². The van der Waals surface area contributed by atoms with Crippen LogP contribution in [-0.2, 0) is 10.2 Å². The van der Waals surface area contributed by atoms with Gasteiger partial charge in [0.25, 0.3) is 5.91 Å². The second kappa shape index (κ2) is 7.19. The lowest BCUT2D eigenvalue weighted by Gasteiger charge is -2.34. The monoisotopic (exact) mass is 344 g/mol. The molecular formula is C21H32N2O2. The quantitative estimate of drug-likeness (QED) is 0.888. The van der Waals surface area contributed by atoms with Crippen molar-refractivity contribution in [2.75, 3.05) is 13.1 Å². The molecule has 4 nitrogen and oxygen atoms in total. The maximum Gasteiger partial charge on any atom is 0.253 e. The first kappa shape index (κ1) is 19.5. The lowest BCUT2D eigenvalue weighted by atomic mass is 9.86. The highest BCUT2D eigenvalue weighted by atomic mass is 16.2. The van der Waals surface area contributed by atoms with Crippen LogP contribution in [0, 0.1) is 5.41 Å². The molecule has 2 amide bonds. The summed E-state index contributed by atoms with van der Waals surface area (Å²) in [7, 11) is 0. The molecule has 1 aliphatic rings. The van der Waals surface area contributed by atoms with Crippen LogP contribution in [0.15, 0.2) is 24.3 Å². The summed E-state index contributed by atoms with van der Waals surface area (Å²) < 4.78 is 0. The van der Waals surface area contributed by atoms with Crippen molar-refractivity contribution in [1.82, 2.24) is 10.2 Å². The predicted molar refractivity (Wildman–Crippen MR) is 102 cm³/mol. The zero-order valence-electron chi connectivity index (χ0n) is 16.5. The first-order valence-corrected chi connectivity index (χ1v) is 9.19. The van der Waals surface area contributed by atoms with E-state index in [9.17, 15) is 9.59 Å². The number of rotatable bonds is 2. The Morgan fingerprint density at radius 1 is 0.960 bits per heavy atom. The fourth-order valence-corrected chi connectivity index (χ4v) is 2.92. The molecule has 1 fully saturated rings.